The second kappa shape index (κ2) is 7.69. The second-order valence-corrected chi connectivity index (χ2v) is 5.33. The Morgan fingerprint density at radius 3 is 2.82 bits per heavy atom. The summed E-state index contributed by atoms with van der Waals surface area (Å²) in [6.07, 6.45) is 0.785. The summed E-state index contributed by atoms with van der Waals surface area (Å²) >= 11 is 1.61. The first-order chi connectivity index (χ1) is 8.11. The first-order valence-corrected chi connectivity index (χ1v) is 7.07. The highest BCUT2D eigenvalue weighted by Gasteiger charge is 2.05. The fourth-order valence-electron chi connectivity index (χ4n) is 1.56. The van der Waals surface area contributed by atoms with Crippen molar-refractivity contribution in [2.45, 2.75) is 38.3 Å². The predicted molar refractivity (Wildman–Crippen MR) is 73.6 cm³/mol. The van der Waals surface area contributed by atoms with Gasteiger partial charge in [0.2, 0.25) is 0 Å². The quantitative estimate of drug-likeness (QED) is 0.578. The molecule has 0 saturated carbocycles. The Kier molecular flexibility index (Phi) is 6.55. The van der Waals surface area contributed by atoms with Crippen LogP contribution in [-0.4, -0.2) is 35.0 Å². The van der Waals surface area contributed by atoms with E-state index in [-0.39, 0.29) is 6.10 Å². The van der Waals surface area contributed by atoms with Crippen LogP contribution in [0.3, 0.4) is 0 Å². The normalized spacial score (nSPS) is 12.7. The zero-order valence-electron chi connectivity index (χ0n) is 10.9. The van der Waals surface area contributed by atoms with Crippen LogP contribution >= 0.6 is 11.8 Å². The Hall–Kier alpha value is -0.580. The zero-order valence-corrected chi connectivity index (χ0v) is 11.7. The molecular formula is C13H22N2OS. The van der Waals surface area contributed by atoms with Crippen LogP contribution in [0.5, 0.6) is 0 Å². The predicted octanol–water partition coefficient (Wildman–Crippen LogP) is 2.15. The number of hydrogen-bond donors (Lipinski definition) is 2. The van der Waals surface area contributed by atoms with E-state index in [1.54, 1.807) is 11.8 Å². The molecule has 17 heavy (non-hydrogen) atoms. The zero-order chi connectivity index (χ0) is 12.7. The lowest BCUT2D eigenvalue weighted by Gasteiger charge is -2.11. The van der Waals surface area contributed by atoms with Gasteiger partial charge in [0.15, 0.2) is 0 Å². The van der Waals surface area contributed by atoms with Crippen molar-refractivity contribution in [2.75, 3.05) is 18.8 Å². The molecule has 1 unspecified atom stereocenters. The van der Waals surface area contributed by atoms with Gasteiger partial charge in [-0.1, -0.05) is 6.92 Å². The molecule has 0 aliphatic rings. The fourth-order valence-corrected chi connectivity index (χ4v) is 2.52. The SMILES string of the molecule is CCCNCC(O)CSc1cc(C)cc(C)n1. The number of pyridine rings is 1. The van der Waals surface area contributed by atoms with Crippen molar-refractivity contribution in [1.82, 2.24) is 10.3 Å². The van der Waals surface area contributed by atoms with Crippen molar-refractivity contribution in [3.05, 3.63) is 23.4 Å². The molecule has 0 saturated heterocycles. The average Bonchev–Trinajstić information content (AvgIpc) is 2.25. The van der Waals surface area contributed by atoms with E-state index in [4.69, 9.17) is 0 Å². The van der Waals surface area contributed by atoms with Gasteiger partial charge in [-0.05, 0) is 44.5 Å². The average molecular weight is 254 g/mol. The molecular weight excluding hydrogens is 232 g/mol. The summed E-state index contributed by atoms with van der Waals surface area (Å²) in [6.45, 7) is 7.80. The summed E-state index contributed by atoms with van der Waals surface area (Å²) in [7, 11) is 0. The van der Waals surface area contributed by atoms with E-state index in [1.165, 1.54) is 5.56 Å². The van der Waals surface area contributed by atoms with E-state index in [9.17, 15) is 5.11 Å². The minimum Gasteiger partial charge on any atom is -0.391 e. The molecule has 1 aromatic rings. The molecule has 4 heteroatoms. The van der Waals surface area contributed by atoms with Gasteiger partial charge in [0, 0.05) is 18.0 Å². The van der Waals surface area contributed by atoms with E-state index < -0.39 is 0 Å². The highest BCUT2D eigenvalue weighted by atomic mass is 32.2. The maximum Gasteiger partial charge on any atom is 0.0966 e. The minimum atomic E-state index is -0.311. The van der Waals surface area contributed by atoms with Gasteiger partial charge >= 0.3 is 0 Å². The third-order valence-electron chi connectivity index (χ3n) is 2.30. The van der Waals surface area contributed by atoms with E-state index in [1.807, 2.05) is 6.92 Å². The highest BCUT2D eigenvalue weighted by Crippen LogP contribution is 2.18. The summed E-state index contributed by atoms with van der Waals surface area (Å²) in [5.74, 6) is 0.687. The third-order valence-corrected chi connectivity index (χ3v) is 3.36. The monoisotopic (exact) mass is 254 g/mol. The van der Waals surface area contributed by atoms with E-state index in [2.05, 4.69) is 36.3 Å². The van der Waals surface area contributed by atoms with Crippen molar-refractivity contribution in [3.8, 4) is 0 Å². The molecule has 0 aliphatic heterocycles. The Labute approximate surface area is 108 Å². The maximum atomic E-state index is 9.76. The van der Waals surface area contributed by atoms with Gasteiger partial charge in [-0.2, -0.15) is 0 Å². The van der Waals surface area contributed by atoms with Crippen molar-refractivity contribution in [2.24, 2.45) is 0 Å². The second-order valence-electron chi connectivity index (χ2n) is 4.29. The number of aliphatic hydroxyl groups is 1. The number of thioether (sulfide) groups is 1. The largest absolute Gasteiger partial charge is 0.391 e. The first-order valence-electron chi connectivity index (χ1n) is 6.08. The van der Waals surface area contributed by atoms with Gasteiger partial charge in [-0.25, -0.2) is 4.98 Å². The molecule has 0 radical (unpaired) electrons. The van der Waals surface area contributed by atoms with Crippen molar-refractivity contribution in [3.63, 3.8) is 0 Å². The van der Waals surface area contributed by atoms with Crippen LogP contribution in [0.15, 0.2) is 17.2 Å². The molecule has 0 aliphatic carbocycles. The number of aliphatic hydroxyl groups excluding tert-OH is 1. The number of aryl methyl sites for hydroxylation is 2. The molecule has 0 bridgehead atoms. The summed E-state index contributed by atoms with van der Waals surface area (Å²) in [4.78, 5) is 4.43. The topological polar surface area (TPSA) is 45.1 Å². The molecule has 0 spiro atoms. The minimum absolute atomic E-state index is 0.311. The molecule has 0 fully saturated rings. The lowest BCUT2D eigenvalue weighted by atomic mass is 10.3. The number of nitrogens with one attached hydrogen (secondary N) is 1. The van der Waals surface area contributed by atoms with Gasteiger partial charge in [0.1, 0.15) is 0 Å². The smallest absolute Gasteiger partial charge is 0.0966 e. The van der Waals surface area contributed by atoms with Crippen LogP contribution in [0.2, 0.25) is 0 Å². The molecule has 1 atom stereocenters. The van der Waals surface area contributed by atoms with Gasteiger partial charge in [0.05, 0.1) is 11.1 Å². The van der Waals surface area contributed by atoms with Gasteiger partial charge < -0.3 is 10.4 Å². The Bertz CT molecular complexity index is 324. The Balaban J connectivity index is 2.34. The van der Waals surface area contributed by atoms with Crippen LogP contribution in [0.4, 0.5) is 0 Å². The standard InChI is InChI=1S/C13H22N2OS/c1-4-5-14-8-12(16)9-17-13-7-10(2)6-11(3)15-13/h6-7,12,14,16H,4-5,8-9H2,1-3H3. The van der Waals surface area contributed by atoms with Crippen LogP contribution < -0.4 is 5.32 Å². The van der Waals surface area contributed by atoms with E-state index >= 15 is 0 Å². The van der Waals surface area contributed by atoms with Crippen LogP contribution in [0.25, 0.3) is 0 Å². The van der Waals surface area contributed by atoms with E-state index in [0.717, 1.165) is 23.7 Å². The molecule has 0 aromatic carbocycles. The fraction of sp³-hybridized carbons (Fsp3) is 0.615. The van der Waals surface area contributed by atoms with Crippen molar-refractivity contribution >= 4 is 11.8 Å². The van der Waals surface area contributed by atoms with Crippen LogP contribution in [0, 0.1) is 13.8 Å². The van der Waals surface area contributed by atoms with Gasteiger partial charge in [0.25, 0.3) is 0 Å². The maximum absolute atomic E-state index is 9.76. The molecule has 1 rings (SSSR count). The lowest BCUT2D eigenvalue weighted by molar-refractivity contribution is 0.196. The molecule has 2 N–H and O–H groups in total. The number of aromatic nitrogens is 1. The van der Waals surface area contributed by atoms with Gasteiger partial charge in [-0.15, -0.1) is 11.8 Å². The molecule has 96 valence electrons. The number of rotatable bonds is 7. The first kappa shape index (κ1) is 14.5. The van der Waals surface area contributed by atoms with E-state index in [0.29, 0.717) is 12.3 Å². The summed E-state index contributed by atoms with van der Waals surface area (Å²) < 4.78 is 0. The highest BCUT2D eigenvalue weighted by molar-refractivity contribution is 7.99. The molecule has 3 nitrogen and oxygen atoms in total. The number of nitrogens with zero attached hydrogens (tertiary/aromatic N) is 1. The van der Waals surface area contributed by atoms with Crippen molar-refractivity contribution in [1.29, 1.82) is 0 Å². The Morgan fingerprint density at radius 2 is 2.18 bits per heavy atom. The van der Waals surface area contributed by atoms with Crippen LogP contribution in [0.1, 0.15) is 24.6 Å². The van der Waals surface area contributed by atoms with Crippen molar-refractivity contribution < 1.29 is 5.11 Å². The van der Waals surface area contributed by atoms with Gasteiger partial charge in [-0.3, -0.25) is 0 Å². The number of hydrogen-bond acceptors (Lipinski definition) is 4. The Morgan fingerprint density at radius 1 is 1.41 bits per heavy atom. The molecule has 1 heterocycles. The van der Waals surface area contributed by atoms with Crippen LogP contribution in [-0.2, 0) is 0 Å². The summed E-state index contributed by atoms with van der Waals surface area (Å²) in [5, 5.41) is 14.0. The third kappa shape index (κ3) is 6.05. The lowest BCUT2D eigenvalue weighted by Crippen LogP contribution is -2.28. The summed E-state index contributed by atoms with van der Waals surface area (Å²) in [6, 6.07) is 4.12. The summed E-state index contributed by atoms with van der Waals surface area (Å²) in [5.41, 5.74) is 2.25. The molecule has 0 amide bonds. The molecule has 1 aromatic heterocycles.